The number of aryl methyl sites for hydroxylation is 2. The van der Waals surface area contributed by atoms with Gasteiger partial charge in [-0.05, 0) is 32.0 Å². The predicted molar refractivity (Wildman–Crippen MR) is 76.8 cm³/mol. The van der Waals surface area contributed by atoms with Crippen molar-refractivity contribution in [2.24, 2.45) is 7.05 Å². The summed E-state index contributed by atoms with van der Waals surface area (Å²) in [5.74, 6) is -0.287. The van der Waals surface area contributed by atoms with E-state index < -0.39 is 0 Å². The van der Waals surface area contributed by atoms with Gasteiger partial charge < -0.3 is 5.32 Å². The average Bonchev–Trinajstić information content (AvgIpc) is 2.66. The van der Waals surface area contributed by atoms with E-state index in [0.29, 0.717) is 27.5 Å². The Bertz CT molecular complexity index is 728. The first-order chi connectivity index (χ1) is 9.43. The van der Waals surface area contributed by atoms with Crippen molar-refractivity contribution < 1.29 is 4.79 Å². The van der Waals surface area contributed by atoms with Gasteiger partial charge in [-0.2, -0.15) is 10.4 Å². The third kappa shape index (κ3) is 2.51. The SMILES string of the molecule is Cc1nn(C)c(C)c1C(=O)Nc1cc(C#N)ccc1Cl. The molecule has 0 aliphatic carbocycles. The minimum absolute atomic E-state index is 0.287. The normalized spacial score (nSPS) is 10.2. The molecule has 0 fully saturated rings. The number of rotatable bonds is 2. The van der Waals surface area contributed by atoms with Crippen LogP contribution in [0, 0.1) is 25.2 Å². The van der Waals surface area contributed by atoms with Crippen LogP contribution in [0.1, 0.15) is 27.3 Å². The molecule has 0 atom stereocenters. The molecule has 1 N–H and O–H groups in total. The summed E-state index contributed by atoms with van der Waals surface area (Å²) in [6.45, 7) is 3.59. The molecular weight excluding hydrogens is 276 g/mol. The Balaban J connectivity index is 2.35. The zero-order chi connectivity index (χ0) is 14.9. The number of carbonyl (C=O) groups is 1. The summed E-state index contributed by atoms with van der Waals surface area (Å²) < 4.78 is 1.65. The number of carbonyl (C=O) groups excluding carboxylic acids is 1. The van der Waals surface area contributed by atoms with Crippen LogP contribution < -0.4 is 5.32 Å². The van der Waals surface area contributed by atoms with Crippen molar-refractivity contribution >= 4 is 23.2 Å². The summed E-state index contributed by atoms with van der Waals surface area (Å²) in [6.07, 6.45) is 0. The maximum Gasteiger partial charge on any atom is 0.259 e. The van der Waals surface area contributed by atoms with Crippen molar-refractivity contribution in [3.63, 3.8) is 0 Å². The van der Waals surface area contributed by atoms with Gasteiger partial charge in [-0.1, -0.05) is 11.6 Å². The van der Waals surface area contributed by atoms with Crippen LogP contribution >= 0.6 is 11.6 Å². The van der Waals surface area contributed by atoms with Crippen LogP contribution in [0.2, 0.25) is 5.02 Å². The number of nitrogens with one attached hydrogen (secondary N) is 1. The molecule has 0 spiro atoms. The molecular formula is C14H13ClN4O. The third-order valence-corrected chi connectivity index (χ3v) is 3.41. The molecule has 0 saturated heterocycles. The van der Waals surface area contributed by atoms with Gasteiger partial charge in [0, 0.05) is 12.7 Å². The smallest absolute Gasteiger partial charge is 0.259 e. The lowest BCUT2D eigenvalue weighted by Gasteiger charge is -2.08. The minimum Gasteiger partial charge on any atom is -0.320 e. The van der Waals surface area contributed by atoms with Gasteiger partial charge in [-0.3, -0.25) is 9.48 Å². The molecule has 1 heterocycles. The van der Waals surface area contributed by atoms with Gasteiger partial charge in [0.05, 0.1) is 33.6 Å². The zero-order valence-electron chi connectivity index (χ0n) is 11.4. The van der Waals surface area contributed by atoms with Crippen LogP contribution in [-0.4, -0.2) is 15.7 Å². The number of hydrogen-bond acceptors (Lipinski definition) is 3. The standard InChI is InChI=1S/C14H13ClN4O/c1-8-13(9(2)19(3)18-8)14(20)17-12-6-10(7-16)4-5-11(12)15/h4-6H,1-3H3,(H,17,20). The van der Waals surface area contributed by atoms with E-state index in [1.807, 2.05) is 13.0 Å². The summed E-state index contributed by atoms with van der Waals surface area (Å²) in [4.78, 5) is 12.3. The summed E-state index contributed by atoms with van der Waals surface area (Å²) in [5.41, 5.74) is 2.79. The summed E-state index contributed by atoms with van der Waals surface area (Å²) >= 11 is 6.02. The fourth-order valence-corrected chi connectivity index (χ4v) is 2.14. The highest BCUT2D eigenvalue weighted by Gasteiger charge is 2.18. The van der Waals surface area contributed by atoms with Crippen molar-refractivity contribution in [2.75, 3.05) is 5.32 Å². The second-order valence-corrected chi connectivity index (χ2v) is 4.84. The van der Waals surface area contributed by atoms with Gasteiger partial charge in [0.2, 0.25) is 0 Å². The largest absolute Gasteiger partial charge is 0.320 e. The molecule has 0 radical (unpaired) electrons. The lowest BCUT2D eigenvalue weighted by atomic mass is 10.1. The van der Waals surface area contributed by atoms with Gasteiger partial charge in [0.15, 0.2) is 0 Å². The van der Waals surface area contributed by atoms with E-state index in [9.17, 15) is 4.79 Å². The van der Waals surface area contributed by atoms with E-state index >= 15 is 0 Å². The summed E-state index contributed by atoms with van der Waals surface area (Å²) in [6, 6.07) is 6.73. The van der Waals surface area contributed by atoms with Gasteiger partial charge >= 0.3 is 0 Å². The summed E-state index contributed by atoms with van der Waals surface area (Å²) in [5, 5.41) is 16.2. The molecule has 1 aromatic carbocycles. The van der Waals surface area contributed by atoms with Crippen LogP contribution in [0.4, 0.5) is 5.69 Å². The van der Waals surface area contributed by atoms with Crippen LogP contribution in [0.25, 0.3) is 0 Å². The molecule has 0 unspecified atom stereocenters. The van der Waals surface area contributed by atoms with E-state index in [2.05, 4.69) is 10.4 Å². The van der Waals surface area contributed by atoms with E-state index in [4.69, 9.17) is 16.9 Å². The van der Waals surface area contributed by atoms with Crippen molar-refractivity contribution in [3.05, 3.63) is 45.7 Å². The predicted octanol–water partition coefficient (Wildman–Crippen LogP) is 2.81. The third-order valence-electron chi connectivity index (χ3n) is 3.08. The Morgan fingerprint density at radius 3 is 2.70 bits per heavy atom. The van der Waals surface area contributed by atoms with E-state index in [1.165, 1.54) is 0 Å². The van der Waals surface area contributed by atoms with Gasteiger partial charge in [-0.15, -0.1) is 0 Å². The topological polar surface area (TPSA) is 70.7 Å². The molecule has 6 heteroatoms. The lowest BCUT2D eigenvalue weighted by Crippen LogP contribution is -2.14. The van der Waals surface area contributed by atoms with Crippen LogP contribution in [0.3, 0.4) is 0 Å². The molecule has 1 amide bonds. The number of anilines is 1. The minimum atomic E-state index is -0.287. The summed E-state index contributed by atoms with van der Waals surface area (Å²) in [7, 11) is 1.78. The highest BCUT2D eigenvalue weighted by molar-refractivity contribution is 6.34. The lowest BCUT2D eigenvalue weighted by molar-refractivity contribution is 0.102. The molecule has 0 aliphatic heterocycles. The number of amides is 1. The number of aromatic nitrogens is 2. The second-order valence-electron chi connectivity index (χ2n) is 4.43. The van der Waals surface area contributed by atoms with Gasteiger partial charge in [-0.25, -0.2) is 0 Å². The first-order valence-corrected chi connectivity index (χ1v) is 6.33. The van der Waals surface area contributed by atoms with Crippen molar-refractivity contribution in [1.82, 2.24) is 9.78 Å². The fourth-order valence-electron chi connectivity index (χ4n) is 1.98. The number of nitrogens with zero attached hydrogens (tertiary/aromatic N) is 3. The monoisotopic (exact) mass is 288 g/mol. The van der Waals surface area contributed by atoms with Crippen LogP contribution in [-0.2, 0) is 7.05 Å². The highest BCUT2D eigenvalue weighted by Crippen LogP contribution is 2.24. The van der Waals surface area contributed by atoms with Crippen molar-refractivity contribution in [3.8, 4) is 6.07 Å². The van der Waals surface area contributed by atoms with E-state index in [-0.39, 0.29) is 5.91 Å². The number of hydrogen-bond donors (Lipinski definition) is 1. The average molecular weight is 289 g/mol. The first kappa shape index (κ1) is 14.1. The Labute approximate surface area is 121 Å². The molecule has 1 aromatic heterocycles. The molecule has 0 saturated carbocycles. The van der Waals surface area contributed by atoms with Gasteiger partial charge in [0.1, 0.15) is 0 Å². The van der Waals surface area contributed by atoms with Gasteiger partial charge in [0.25, 0.3) is 5.91 Å². The maximum atomic E-state index is 12.3. The molecule has 20 heavy (non-hydrogen) atoms. The Morgan fingerprint density at radius 1 is 1.45 bits per heavy atom. The Kier molecular flexibility index (Phi) is 3.77. The van der Waals surface area contributed by atoms with Crippen molar-refractivity contribution in [1.29, 1.82) is 5.26 Å². The van der Waals surface area contributed by atoms with Crippen LogP contribution in [0.15, 0.2) is 18.2 Å². The number of nitriles is 1. The quantitative estimate of drug-likeness (QED) is 0.923. The zero-order valence-corrected chi connectivity index (χ0v) is 12.1. The van der Waals surface area contributed by atoms with E-state index in [0.717, 1.165) is 5.69 Å². The number of benzene rings is 1. The maximum absolute atomic E-state index is 12.3. The molecule has 2 rings (SSSR count). The fraction of sp³-hybridized carbons (Fsp3) is 0.214. The first-order valence-electron chi connectivity index (χ1n) is 5.95. The molecule has 102 valence electrons. The number of halogens is 1. The molecule has 0 aliphatic rings. The molecule has 0 bridgehead atoms. The Hall–Kier alpha value is -2.32. The van der Waals surface area contributed by atoms with Crippen LogP contribution in [0.5, 0.6) is 0 Å². The molecule has 5 nitrogen and oxygen atoms in total. The highest BCUT2D eigenvalue weighted by atomic mass is 35.5. The second kappa shape index (κ2) is 5.35. The molecule has 2 aromatic rings. The Morgan fingerprint density at radius 2 is 2.15 bits per heavy atom. The van der Waals surface area contributed by atoms with Crippen molar-refractivity contribution in [2.45, 2.75) is 13.8 Å². The van der Waals surface area contributed by atoms with E-state index in [1.54, 1.807) is 36.9 Å².